The van der Waals surface area contributed by atoms with Crippen LogP contribution in [0.25, 0.3) is 0 Å². The summed E-state index contributed by atoms with van der Waals surface area (Å²) in [5.41, 5.74) is 0.524. The number of aryl methyl sites for hydroxylation is 1. The van der Waals surface area contributed by atoms with E-state index in [4.69, 9.17) is 9.84 Å². The maximum Gasteiger partial charge on any atom is 0.306 e. The molecule has 0 aliphatic carbocycles. The summed E-state index contributed by atoms with van der Waals surface area (Å²) in [6.45, 7) is 1.56. The van der Waals surface area contributed by atoms with Crippen LogP contribution < -0.4 is 4.74 Å². The third-order valence-electron chi connectivity index (χ3n) is 2.24. The van der Waals surface area contributed by atoms with Gasteiger partial charge in [-0.05, 0) is 24.6 Å². The van der Waals surface area contributed by atoms with Gasteiger partial charge in [-0.1, -0.05) is 0 Å². The average Bonchev–Trinajstić information content (AvgIpc) is 2.20. The van der Waals surface area contributed by atoms with Crippen LogP contribution >= 0.6 is 0 Å². The molecular formula is C11H13FO4. The van der Waals surface area contributed by atoms with Gasteiger partial charge in [0, 0.05) is 5.56 Å². The van der Waals surface area contributed by atoms with Crippen molar-refractivity contribution in [3.63, 3.8) is 0 Å². The zero-order valence-electron chi connectivity index (χ0n) is 9.03. The molecule has 0 heterocycles. The van der Waals surface area contributed by atoms with Crippen molar-refractivity contribution in [2.24, 2.45) is 0 Å². The van der Waals surface area contributed by atoms with Gasteiger partial charge in [-0.3, -0.25) is 4.79 Å². The fourth-order valence-corrected chi connectivity index (χ4v) is 1.38. The number of hydrogen-bond acceptors (Lipinski definition) is 3. The highest BCUT2D eigenvalue weighted by Crippen LogP contribution is 2.29. The van der Waals surface area contributed by atoms with Crippen LogP contribution in [0.4, 0.5) is 4.39 Å². The molecule has 0 aliphatic heterocycles. The lowest BCUT2D eigenvalue weighted by atomic mass is 10.0. The van der Waals surface area contributed by atoms with E-state index in [2.05, 4.69) is 0 Å². The predicted octanol–water partition coefficient (Wildman–Crippen LogP) is 1.65. The number of carbonyl (C=O) groups is 1. The molecule has 4 nitrogen and oxygen atoms in total. The molecule has 1 rings (SSSR count). The fourth-order valence-electron chi connectivity index (χ4n) is 1.38. The normalized spacial score (nSPS) is 12.2. The van der Waals surface area contributed by atoms with Crippen molar-refractivity contribution in [2.75, 3.05) is 7.11 Å². The van der Waals surface area contributed by atoms with Gasteiger partial charge >= 0.3 is 5.97 Å². The van der Waals surface area contributed by atoms with E-state index in [1.807, 2.05) is 0 Å². The molecule has 0 aliphatic rings. The molecule has 5 heteroatoms. The zero-order chi connectivity index (χ0) is 12.3. The Hall–Kier alpha value is -1.62. The molecule has 0 unspecified atom stereocenters. The Bertz CT molecular complexity index is 403. The lowest BCUT2D eigenvalue weighted by Crippen LogP contribution is -2.07. The largest absolute Gasteiger partial charge is 0.496 e. The van der Waals surface area contributed by atoms with Gasteiger partial charge in [-0.15, -0.1) is 0 Å². The molecule has 1 aromatic rings. The lowest BCUT2D eigenvalue weighted by Gasteiger charge is -2.14. The van der Waals surface area contributed by atoms with E-state index in [1.165, 1.54) is 13.2 Å². The molecule has 0 amide bonds. The van der Waals surface area contributed by atoms with Crippen LogP contribution in [0.2, 0.25) is 0 Å². The van der Waals surface area contributed by atoms with E-state index in [9.17, 15) is 14.3 Å². The number of halogens is 1. The number of carboxylic acid groups (broad SMARTS) is 1. The second-order valence-electron chi connectivity index (χ2n) is 3.46. The van der Waals surface area contributed by atoms with E-state index in [-0.39, 0.29) is 11.3 Å². The summed E-state index contributed by atoms with van der Waals surface area (Å²) in [6.07, 6.45) is -1.76. The van der Waals surface area contributed by atoms with Gasteiger partial charge < -0.3 is 14.9 Å². The number of carboxylic acids is 1. The molecule has 0 spiro atoms. The van der Waals surface area contributed by atoms with E-state index < -0.39 is 24.3 Å². The SMILES string of the molecule is COc1cc(C)c(F)cc1[C@H](O)CC(=O)O. The van der Waals surface area contributed by atoms with Gasteiger partial charge in [0.15, 0.2) is 0 Å². The van der Waals surface area contributed by atoms with Crippen LogP contribution in [0.1, 0.15) is 23.7 Å². The van der Waals surface area contributed by atoms with E-state index >= 15 is 0 Å². The summed E-state index contributed by atoms with van der Waals surface area (Å²) in [4.78, 5) is 10.4. The third-order valence-corrected chi connectivity index (χ3v) is 2.24. The number of rotatable bonds is 4. The van der Waals surface area contributed by atoms with E-state index in [1.54, 1.807) is 6.92 Å². The van der Waals surface area contributed by atoms with Gasteiger partial charge in [0.2, 0.25) is 0 Å². The van der Waals surface area contributed by atoms with Crippen molar-refractivity contribution in [2.45, 2.75) is 19.4 Å². The van der Waals surface area contributed by atoms with Gasteiger partial charge in [-0.25, -0.2) is 4.39 Å². The molecule has 0 radical (unpaired) electrons. The van der Waals surface area contributed by atoms with Gasteiger partial charge in [-0.2, -0.15) is 0 Å². The Kier molecular flexibility index (Phi) is 3.84. The van der Waals surface area contributed by atoms with Crippen molar-refractivity contribution < 1.29 is 24.1 Å². The molecule has 16 heavy (non-hydrogen) atoms. The molecule has 0 saturated heterocycles. The Labute approximate surface area is 92.3 Å². The molecule has 1 atom stereocenters. The van der Waals surface area contributed by atoms with Crippen LogP contribution in [-0.2, 0) is 4.79 Å². The van der Waals surface area contributed by atoms with Crippen molar-refractivity contribution >= 4 is 5.97 Å². The third kappa shape index (κ3) is 2.70. The first-order valence-corrected chi connectivity index (χ1v) is 4.69. The summed E-state index contributed by atoms with van der Waals surface area (Å²) in [7, 11) is 1.38. The fraction of sp³-hybridized carbons (Fsp3) is 0.364. The second kappa shape index (κ2) is 4.94. The number of aliphatic hydroxyl groups excluding tert-OH is 1. The minimum atomic E-state index is -1.28. The van der Waals surface area contributed by atoms with Crippen LogP contribution in [0.5, 0.6) is 5.75 Å². The van der Waals surface area contributed by atoms with E-state index in [0.29, 0.717) is 5.56 Å². The van der Waals surface area contributed by atoms with Crippen molar-refractivity contribution in [1.29, 1.82) is 0 Å². The van der Waals surface area contributed by atoms with Crippen LogP contribution in [0.3, 0.4) is 0 Å². The summed E-state index contributed by atoms with van der Waals surface area (Å²) < 4.78 is 18.2. The maximum atomic E-state index is 13.3. The number of methoxy groups -OCH3 is 1. The molecule has 2 N–H and O–H groups in total. The number of hydrogen-bond donors (Lipinski definition) is 2. The number of ether oxygens (including phenoxy) is 1. The predicted molar refractivity (Wildman–Crippen MR) is 54.9 cm³/mol. The molecule has 88 valence electrons. The van der Waals surface area contributed by atoms with Crippen molar-refractivity contribution in [3.8, 4) is 5.75 Å². The average molecular weight is 228 g/mol. The number of aliphatic carboxylic acids is 1. The van der Waals surface area contributed by atoms with Crippen LogP contribution in [0, 0.1) is 12.7 Å². The highest BCUT2D eigenvalue weighted by molar-refractivity contribution is 5.68. The van der Waals surface area contributed by atoms with E-state index in [0.717, 1.165) is 6.07 Å². The summed E-state index contributed by atoms with van der Waals surface area (Å²) >= 11 is 0. The monoisotopic (exact) mass is 228 g/mol. The molecule has 0 bridgehead atoms. The highest BCUT2D eigenvalue weighted by Gasteiger charge is 2.18. The van der Waals surface area contributed by atoms with Crippen LogP contribution in [-0.4, -0.2) is 23.3 Å². The first-order chi connectivity index (χ1) is 7.45. The first-order valence-electron chi connectivity index (χ1n) is 4.69. The lowest BCUT2D eigenvalue weighted by molar-refractivity contribution is -0.139. The zero-order valence-corrected chi connectivity index (χ0v) is 9.03. The second-order valence-corrected chi connectivity index (χ2v) is 3.46. The Balaban J connectivity index is 3.10. The quantitative estimate of drug-likeness (QED) is 0.822. The topological polar surface area (TPSA) is 66.8 Å². The van der Waals surface area contributed by atoms with Crippen LogP contribution in [0.15, 0.2) is 12.1 Å². The Morgan fingerprint density at radius 3 is 2.69 bits per heavy atom. The number of benzene rings is 1. The molecule has 0 fully saturated rings. The minimum absolute atomic E-state index is 0.146. The molecule has 0 aromatic heterocycles. The Morgan fingerprint density at radius 1 is 1.56 bits per heavy atom. The van der Waals surface area contributed by atoms with Crippen molar-refractivity contribution in [3.05, 3.63) is 29.1 Å². The van der Waals surface area contributed by atoms with Gasteiger partial charge in [0.1, 0.15) is 11.6 Å². The first kappa shape index (κ1) is 12.4. The molecule has 0 saturated carbocycles. The minimum Gasteiger partial charge on any atom is -0.496 e. The van der Waals surface area contributed by atoms with Gasteiger partial charge in [0.05, 0.1) is 19.6 Å². The summed E-state index contributed by atoms with van der Waals surface area (Å²) in [6, 6.07) is 2.53. The summed E-state index contributed by atoms with van der Waals surface area (Å²) in [5.74, 6) is -1.37. The smallest absolute Gasteiger partial charge is 0.306 e. The van der Waals surface area contributed by atoms with Gasteiger partial charge in [0.25, 0.3) is 0 Å². The molecule has 1 aromatic carbocycles. The highest BCUT2D eigenvalue weighted by atomic mass is 19.1. The molecular weight excluding hydrogens is 215 g/mol. The number of aliphatic hydroxyl groups is 1. The standard InChI is InChI=1S/C11H13FO4/c1-6-3-10(16-2)7(4-8(6)12)9(13)5-11(14)15/h3-4,9,13H,5H2,1-2H3,(H,14,15)/t9-/m1/s1. The Morgan fingerprint density at radius 2 is 2.19 bits per heavy atom. The van der Waals surface area contributed by atoms with Crippen molar-refractivity contribution in [1.82, 2.24) is 0 Å². The summed E-state index contributed by atoms with van der Waals surface area (Å²) in [5, 5.41) is 18.1. The maximum absolute atomic E-state index is 13.3.